The lowest BCUT2D eigenvalue weighted by molar-refractivity contribution is 0.557. The fourth-order valence-corrected chi connectivity index (χ4v) is 3.50. The summed E-state index contributed by atoms with van der Waals surface area (Å²) in [6.07, 6.45) is 1.57. The first-order chi connectivity index (χ1) is 11.1. The van der Waals surface area contributed by atoms with Crippen molar-refractivity contribution in [3.05, 3.63) is 72.8 Å². The third-order valence-corrected chi connectivity index (χ3v) is 4.94. The van der Waals surface area contributed by atoms with Crippen molar-refractivity contribution in [3.63, 3.8) is 0 Å². The van der Waals surface area contributed by atoms with Gasteiger partial charge < -0.3 is 0 Å². The van der Waals surface area contributed by atoms with E-state index in [9.17, 15) is 8.42 Å². The molecule has 0 aliphatic rings. The van der Waals surface area contributed by atoms with Crippen molar-refractivity contribution in [2.45, 2.75) is 17.9 Å². The Morgan fingerprint density at radius 2 is 1.61 bits per heavy atom. The van der Waals surface area contributed by atoms with Gasteiger partial charge in [0.05, 0.1) is 10.9 Å². The topological polar surface area (TPSA) is 76.9 Å². The molecule has 0 saturated heterocycles. The summed E-state index contributed by atoms with van der Waals surface area (Å²) in [6, 6.07) is 17.3. The molecular formula is C16H16N4O2S. The second kappa shape index (κ2) is 6.31. The smallest absolute Gasteiger partial charge is 0.241 e. The van der Waals surface area contributed by atoms with Gasteiger partial charge in [0, 0.05) is 5.69 Å². The van der Waals surface area contributed by atoms with Crippen LogP contribution in [-0.4, -0.2) is 23.2 Å². The van der Waals surface area contributed by atoms with Gasteiger partial charge in [-0.2, -0.15) is 0 Å². The maximum Gasteiger partial charge on any atom is 0.241 e. The molecular weight excluding hydrogens is 312 g/mol. The lowest BCUT2D eigenvalue weighted by Gasteiger charge is -2.15. The molecule has 1 aromatic heterocycles. The Morgan fingerprint density at radius 1 is 1.00 bits per heavy atom. The molecule has 1 heterocycles. The number of hydrogen-bond acceptors (Lipinski definition) is 4. The Balaban J connectivity index is 1.88. The molecule has 0 spiro atoms. The van der Waals surface area contributed by atoms with Crippen LogP contribution in [0.5, 0.6) is 0 Å². The van der Waals surface area contributed by atoms with Crippen molar-refractivity contribution >= 4 is 10.0 Å². The summed E-state index contributed by atoms with van der Waals surface area (Å²) >= 11 is 0. The van der Waals surface area contributed by atoms with Crippen molar-refractivity contribution < 1.29 is 8.42 Å². The van der Waals surface area contributed by atoms with Gasteiger partial charge in [-0.25, -0.2) is 13.1 Å². The fraction of sp³-hybridized carbons (Fsp3) is 0.125. The van der Waals surface area contributed by atoms with Crippen LogP contribution in [0.15, 0.2) is 71.9 Å². The second-order valence-electron chi connectivity index (χ2n) is 5.05. The standard InChI is InChI=1S/C16H16N4O2S/c1-13(19-23(21,22)15-10-6-3-7-11-15)16-18-17-12-20(16)14-8-4-2-5-9-14/h2-13,19H,1H3. The van der Waals surface area contributed by atoms with Crippen molar-refractivity contribution in [1.29, 1.82) is 0 Å². The van der Waals surface area contributed by atoms with Crippen LogP contribution >= 0.6 is 0 Å². The number of hydrogen-bond donors (Lipinski definition) is 1. The van der Waals surface area contributed by atoms with E-state index in [4.69, 9.17) is 0 Å². The molecule has 0 bridgehead atoms. The molecule has 0 aliphatic heterocycles. The van der Waals surface area contributed by atoms with Crippen molar-refractivity contribution in [2.24, 2.45) is 0 Å². The van der Waals surface area contributed by atoms with E-state index in [1.165, 1.54) is 0 Å². The quantitative estimate of drug-likeness (QED) is 0.780. The molecule has 1 N–H and O–H groups in total. The highest BCUT2D eigenvalue weighted by molar-refractivity contribution is 7.89. The number of nitrogens with one attached hydrogen (secondary N) is 1. The van der Waals surface area contributed by atoms with Gasteiger partial charge in [-0.3, -0.25) is 4.57 Å². The summed E-state index contributed by atoms with van der Waals surface area (Å²) in [7, 11) is -3.62. The summed E-state index contributed by atoms with van der Waals surface area (Å²) in [5, 5.41) is 7.96. The van der Waals surface area contributed by atoms with Crippen LogP contribution in [0.2, 0.25) is 0 Å². The lowest BCUT2D eigenvalue weighted by Crippen LogP contribution is -2.28. The number of aromatic nitrogens is 3. The predicted molar refractivity (Wildman–Crippen MR) is 86.5 cm³/mol. The number of nitrogens with zero attached hydrogens (tertiary/aromatic N) is 3. The van der Waals surface area contributed by atoms with E-state index < -0.39 is 16.1 Å². The van der Waals surface area contributed by atoms with Crippen LogP contribution in [-0.2, 0) is 10.0 Å². The summed E-state index contributed by atoms with van der Waals surface area (Å²) in [4.78, 5) is 0.220. The monoisotopic (exact) mass is 328 g/mol. The van der Waals surface area contributed by atoms with Gasteiger partial charge in [0.25, 0.3) is 0 Å². The number of para-hydroxylation sites is 1. The van der Waals surface area contributed by atoms with E-state index in [2.05, 4.69) is 14.9 Å². The molecule has 6 nitrogen and oxygen atoms in total. The highest BCUT2D eigenvalue weighted by Crippen LogP contribution is 2.18. The van der Waals surface area contributed by atoms with E-state index in [1.54, 1.807) is 48.1 Å². The molecule has 1 unspecified atom stereocenters. The average Bonchev–Trinajstić information content (AvgIpc) is 3.06. The number of rotatable bonds is 5. The third-order valence-electron chi connectivity index (χ3n) is 3.38. The largest absolute Gasteiger partial charge is 0.284 e. The van der Waals surface area contributed by atoms with E-state index in [1.807, 2.05) is 30.3 Å². The zero-order chi connectivity index (χ0) is 16.3. The minimum Gasteiger partial charge on any atom is -0.284 e. The molecule has 0 aliphatic carbocycles. The van der Waals surface area contributed by atoms with E-state index in [0.29, 0.717) is 5.82 Å². The van der Waals surface area contributed by atoms with Crippen LogP contribution in [0.3, 0.4) is 0 Å². The summed E-state index contributed by atoms with van der Waals surface area (Å²) in [5.74, 6) is 0.524. The first kappa shape index (κ1) is 15.4. The highest BCUT2D eigenvalue weighted by atomic mass is 32.2. The Morgan fingerprint density at radius 3 is 2.26 bits per heavy atom. The molecule has 23 heavy (non-hydrogen) atoms. The van der Waals surface area contributed by atoms with Gasteiger partial charge >= 0.3 is 0 Å². The molecule has 0 amide bonds. The zero-order valence-corrected chi connectivity index (χ0v) is 13.3. The van der Waals surface area contributed by atoms with Gasteiger partial charge in [0.2, 0.25) is 10.0 Å². The first-order valence-electron chi connectivity index (χ1n) is 7.10. The maximum absolute atomic E-state index is 12.4. The summed E-state index contributed by atoms with van der Waals surface area (Å²) < 4.78 is 29.2. The SMILES string of the molecule is CC(NS(=O)(=O)c1ccccc1)c1nncn1-c1ccccc1. The van der Waals surface area contributed by atoms with Gasteiger partial charge in [-0.1, -0.05) is 36.4 Å². The van der Waals surface area contributed by atoms with Gasteiger partial charge in [-0.15, -0.1) is 10.2 Å². The van der Waals surface area contributed by atoms with E-state index >= 15 is 0 Å². The normalized spacial score (nSPS) is 12.9. The van der Waals surface area contributed by atoms with Crippen LogP contribution in [0, 0.1) is 0 Å². The first-order valence-corrected chi connectivity index (χ1v) is 8.59. The summed E-state index contributed by atoms with van der Waals surface area (Å²) in [6.45, 7) is 1.74. The van der Waals surface area contributed by atoms with Crippen LogP contribution in [0.25, 0.3) is 5.69 Å². The molecule has 0 radical (unpaired) electrons. The Hall–Kier alpha value is -2.51. The Labute approximate surface area is 134 Å². The minimum absolute atomic E-state index is 0.220. The maximum atomic E-state index is 12.4. The third kappa shape index (κ3) is 3.30. The molecule has 2 aromatic carbocycles. The Kier molecular flexibility index (Phi) is 4.22. The molecule has 1 atom stereocenters. The molecule has 118 valence electrons. The average molecular weight is 328 g/mol. The number of benzene rings is 2. The lowest BCUT2D eigenvalue weighted by atomic mass is 10.3. The van der Waals surface area contributed by atoms with E-state index in [-0.39, 0.29) is 4.90 Å². The number of sulfonamides is 1. The van der Waals surface area contributed by atoms with Gasteiger partial charge in [-0.05, 0) is 31.2 Å². The van der Waals surface area contributed by atoms with Crippen molar-refractivity contribution in [3.8, 4) is 5.69 Å². The van der Waals surface area contributed by atoms with Gasteiger partial charge in [0.1, 0.15) is 6.33 Å². The summed E-state index contributed by atoms with van der Waals surface area (Å²) in [5.41, 5.74) is 0.873. The minimum atomic E-state index is -3.62. The second-order valence-corrected chi connectivity index (χ2v) is 6.76. The van der Waals surface area contributed by atoms with Gasteiger partial charge in [0.15, 0.2) is 5.82 Å². The predicted octanol–water partition coefficient (Wildman–Crippen LogP) is 2.31. The molecule has 0 saturated carbocycles. The fourth-order valence-electron chi connectivity index (χ4n) is 2.28. The van der Waals surface area contributed by atoms with Crippen molar-refractivity contribution in [2.75, 3.05) is 0 Å². The zero-order valence-electron chi connectivity index (χ0n) is 12.5. The highest BCUT2D eigenvalue weighted by Gasteiger charge is 2.21. The Bertz CT molecular complexity index is 877. The van der Waals surface area contributed by atoms with Crippen LogP contribution in [0.4, 0.5) is 0 Å². The molecule has 0 fully saturated rings. The molecule has 3 rings (SSSR count). The van der Waals surface area contributed by atoms with Crippen LogP contribution < -0.4 is 4.72 Å². The van der Waals surface area contributed by atoms with Crippen molar-refractivity contribution in [1.82, 2.24) is 19.5 Å². The molecule has 7 heteroatoms. The van der Waals surface area contributed by atoms with E-state index in [0.717, 1.165) is 5.69 Å². The molecule has 3 aromatic rings. The van der Waals surface area contributed by atoms with Crippen LogP contribution in [0.1, 0.15) is 18.8 Å².